The van der Waals surface area contributed by atoms with Crippen LogP contribution in [0.3, 0.4) is 0 Å². The molecule has 4 rings (SSSR count). The lowest BCUT2D eigenvalue weighted by Crippen LogP contribution is -2.56. The van der Waals surface area contributed by atoms with Crippen molar-refractivity contribution in [3.8, 4) is 0 Å². The van der Waals surface area contributed by atoms with E-state index in [9.17, 15) is 0 Å². The number of likely N-dealkylation sites (tertiary alicyclic amines) is 1. The van der Waals surface area contributed by atoms with Gasteiger partial charge in [-0.1, -0.05) is 0 Å². The van der Waals surface area contributed by atoms with Crippen LogP contribution in [0, 0.1) is 11.3 Å². The summed E-state index contributed by atoms with van der Waals surface area (Å²) in [6.07, 6.45) is 9.38. The highest BCUT2D eigenvalue weighted by molar-refractivity contribution is 5.06. The van der Waals surface area contributed by atoms with E-state index in [1.54, 1.807) is 0 Å². The lowest BCUT2D eigenvalue weighted by Gasteiger charge is -2.54. The minimum absolute atomic E-state index is 0.331. The lowest BCUT2D eigenvalue weighted by atomic mass is 9.62. The number of rotatable bonds is 5. The summed E-state index contributed by atoms with van der Waals surface area (Å²) in [4.78, 5) is 5.31. The van der Waals surface area contributed by atoms with Crippen molar-refractivity contribution in [3.05, 3.63) is 18.0 Å². The van der Waals surface area contributed by atoms with Crippen molar-refractivity contribution in [2.45, 2.75) is 38.3 Å². The van der Waals surface area contributed by atoms with E-state index in [-0.39, 0.29) is 0 Å². The SMILES string of the molecule is COC[C@@]12CC[C@@H](N3CCOCC3)C[C@H]1CCN(Cc1cnn(C)c1)C2. The maximum atomic E-state index is 5.75. The molecule has 0 radical (unpaired) electrons. The van der Waals surface area contributed by atoms with E-state index in [2.05, 4.69) is 21.1 Å². The van der Waals surface area contributed by atoms with Crippen molar-refractivity contribution in [2.75, 3.05) is 53.1 Å². The molecule has 0 spiro atoms. The molecule has 3 aliphatic rings. The molecule has 146 valence electrons. The van der Waals surface area contributed by atoms with E-state index in [4.69, 9.17) is 9.47 Å². The molecule has 0 bridgehead atoms. The molecule has 26 heavy (non-hydrogen) atoms. The average Bonchev–Trinajstić information content (AvgIpc) is 3.07. The van der Waals surface area contributed by atoms with Gasteiger partial charge in [0.25, 0.3) is 0 Å². The molecule has 1 aliphatic carbocycles. The molecule has 0 aromatic carbocycles. The van der Waals surface area contributed by atoms with Crippen LogP contribution in [0.4, 0.5) is 0 Å². The van der Waals surface area contributed by atoms with E-state index in [1.165, 1.54) is 37.8 Å². The number of aromatic nitrogens is 2. The average molecular weight is 363 g/mol. The summed E-state index contributed by atoms with van der Waals surface area (Å²) in [5.41, 5.74) is 1.65. The van der Waals surface area contributed by atoms with E-state index in [1.807, 2.05) is 25.0 Å². The summed E-state index contributed by atoms with van der Waals surface area (Å²) in [7, 11) is 3.87. The predicted molar refractivity (Wildman–Crippen MR) is 101 cm³/mol. The number of hydrogen-bond acceptors (Lipinski definition) is 5. The lowest BCUT2D eigenvalue weighted by molar-refractivity contribution is -0.0870. The summed E-state index contributed by atoms with van der Waals surface area (Å²) in [5, 5.41) is 4.33. The van der Waals surface area contributed by atoms with Gasteiger partial charge in [0.2, 0.25) is 0 Å². The van der Waals surface area contributed by atoms with Crippen LogP contribution in [0.2, 0.25) is 0 Å². The van der Waals surface area contributed by atoms with E-state index < -0.39 is 0 Å². The monoisotopic (exact) mass is 362 g/mol. The first-order valence-electron chi connectivity index (χ1n) is 10.2. The standard InChI is InChI=1S/C20H34N4O2/c1-22-13-17(12-21-22)14-23-6-4-18-11-19(24-7-9-26-10-8-24)3-5-20(18,15-23)16-25-2/h12-13,18-19H,3-11,14-16H2,1-2H3/t18-,19-,20+/m1/s1. The van der Waals surface area contributed by atoms with Crippen LogP contribution in [0.15, 0.2) is 12.4 Å². The van der Waals surface area contributed by atoms with E-state index in [0.29, 0.717) is 5.41 Å². The molecule has 6 nitrogen and oxygen atoms in total. The number of piperidine rings is 1. The zero-order chi connectivity index (χ0) is 18.0. The second-order valence-electron chi connectivity index (χ2n) is 8.59. The number of nitrogens with zero attached hydrogens (tertiary/aromatic N) is 4. The Bertz CT molecular complexity index is 586. The van der Waals surface area contributed by atoms with Gasteiger partial charge < -0.3 is 9.47 Å². The Labute approximate surface area is 157 Å². The quantitative estimate of drug-likeness (QED) is 0.799. The van der Waals surface area contributed by atoms with Crippen molar-refractivity contribution in [1.29, 1.82) is 0 Å². The maximum absolute atomic E-state index is 5.75. The van der Waals surface area contributed by atoms with E-state index in [0.717, 1.165) is 58.0 Å². The van der Waals surface area contributed by atoms with Crippen molar-refractivity contribution < 1.29 is 9.47 Å². The Morgan fingerprint density at radius 1 is 1.27 bits per heavy atom. The predicted octanol–water partition coefficient (Wildman–Crippen LogP) is 1.76. The number of ether oxygens (including phenoxy) is 2. The van der Waals surface area contributed by atoms with Crippen LogP contribution >= 0.6 is 0 Å². The largest absolute Gasteiger partial charge is 0.384 e. The first-order chi connectivity index (χ1) is 12.7. The molecule has 3 heterocycles. The van der Waals surface area contributed by atoms with Gasteiger partial charge in [0.15, 0.2) is 0 Å². The first-order valence-corrected chi connectivity index (χ1v) is 10.2. The van der Waals surface area contributed by atoms with Gasteiger partial charge in [-0.15, -0.1) is 0 Å². The maximum Gasteiger partial charge on any atom is 0.0594 e. The Balaban J connectivity index is 1.42. The number of methoxy groups -OCH3 is 1. The number of morpholine rings is 1. The fourth-order valence-electron chi connectivity index (χ4n) is 5.59. The van der Waals surface area contributed by atoms with Crippen LogP contribution in [0.5, 0.6) is 0 Å². The van der Waals surface area contributed by atoms with Gasteiger partial charge in [-0.25, -0.2) is 0 Å². The highest BCUT2D eigenvalue weighted by atomic mass is 16.5. The van der Waals surface area contributed by atoms with Gasteiger partial charge in [0, 0.05) is 63.6 Å². The summed E-state index contributed by atoms with van der Waals surface area (Å²) >= 11 is 0. The Kier molecular flexibility index (Phi) is 5.64. The topological polar surface area (TPSA) is 42.8 Å². The molecule has 1 aromatic heterocycles. The smallest absolute Gasteiger partial charge is 0.0594 e. The van der Waals surface area contributed by atoms with E-state index >= 15 is 0 Å². The second-order valence-corrected chi connectivity index (χ2v) is 8.59. The molecule has 3 atom stereocenters. The summed E-state index contributed by atoms with van der Waals surface area (Å²) < 4.78 is 13.2. The van der Waals surface area contributed by atoms with Gasteiger partial charge in [-0.3, -0.25) is 14.5 Å². The molecule has 0 N–H and O–H groups in total. The van der Waals surface area contributed by atoms with Crippen LogP contribution in [-0.2, 0) is 23.1 Å². The van der Waals surface area contributed by atoms with Gasteiger partial charge in [0.1, 0.15) is 0 Å². The van der Waals surface area contributed by atoms with Gasteiger partial charge in [-0.05, 0) is 38.1 Å². The Morgan fingerprint density at radius 2 is 2.12 bits per heavy atom. The van der Waals surface area contributed by atoms with Crippen molar-refractivity contribution in [2.24, 2.45) is 18.4 Å². The van der Waals surface area contributed by atoms with Crippen molar-refractivity contribution in [3.63, 3.8) is 0 Å². The van der Waals surface area contributed by atoms with Crippen LogP contribution in [0.1, 0.15) is 31.2 Å². The van der Waals surface area contributed by atoms with Crippen LogP contribution < -0.4 is 0 Å². The minimum Gasteiger partial charge on any atom is -0.384 e. The number of hydrogen-bond donors (Lipinski definition) is 0. The van der Waals surface area contributed by atoms with Gasteiger partial charge in [0.05, 0.1) is 26.0 Å². The molecule has 6 heteroatoms. The highest BCUT2D eigenvalue weighted by Crippen LogP contribution is 2.48. The molecular weight excluding hydrogens is 328 g/mol. The molecule has 0 amide bonds. The molecule has 2 aliphatic heterocycles. The summed E-state index contributed by atoms with van der Waals surface area (Å²) in [5.74, 6) is 0.786. The third-order valence-corrected chi connectivity index (χ3v) is 6.89. The van der Waals surface area contributed by atoms with Crippen molar-refractivity contribution >= 4 is 0 Å². The molecule has 1 saturated carbocycles. The van der Waals surface area contributed by atoms with Gasteiger partial charge >= 0.3 is 0 Å². The van der Waals surface area contributed by atoms with Crippen LogP contribution in [-0.4, -0.2) is 78.7 Å². The first kappa shape index (κ1) is 18.4. The van der Waals surface area contributed by atoms with Crippen LogP contribution in [0.25, 0.3) is 0 Å². The third-order valence-electron chi connectivity index (χ3n) is 6.89. The summed E-state index contributed by atoms with van der Waals surface area (Å²) in [6.45, 7) is 8.31. The molecule has 0 unspecified atom stereocenters. The Morgan fingerprint density at radius 3 is 2.85 bits per heavy atom. The molecule has 1 aromatic rings. The molecular formula is C20H34N4O2. The molecule has 3 fully saturated rings. The minimum atomic E-state index is 0.331. The Hall–Kier alpha value is -0.950. The van der Waals surface area contributed by atoms with Gasteiger partial charge in [-0.2, -0.15) is 5.10 Å². The fraction of sp³-hybridized carbons (Fsp3) is 0.850. The second kappa shape index (κ2) is 7.97. The summed E-state index contributed by atoms with van der Waals surface area (Å²) in [6, 6.07) is 0.749. The zero-order valence-corrected chi connectivity index (χ0v) is 16.4. The fourth-order valence-corrected chi connectivity index (χ4v) is 5.59. The number of fused-ring (bicyclic) bond motifs is 1. The third kappa shape index (κ3) is 3.84. The normalized spacial score (nSPS) is 33.9. The molecule has 2 saturated heterocycles. The zero-order valence-electron chi connectivity index (χ0n) is 16.4. The van der Waals surface area contributed by atoms with Crippen molar-refractivity contribution in [1.82, 2.24) is 19.6 Å². The highest BCUT2D eigenvalue weighted by Gasteiger charge is 2.47. The number of aryl methyl sites for hydroxylation is 1.